The van der Waals surface area contributed by atoms with E-state index in [-0.39, 0.29) is 6.42 Å². The molecule has 0 bridgehead atoms. The summed E-state index contributed by atoms with van der Waals surface area (Å²) in [5.74, 6) is 0. The largest absolute Gasteiger partial charge is 0.481 e. The molecule has 6 nitrogen and oxygen atoms in total. The second kappa shape index (κ2) is 6.10. The van der Waals surface area contributed by atoms with Crippen molar-refractivity contribution in [3.63, 3.8) is 0 Å². The third kappa shape index (κ3) is 3.02. The van der Waals surface area contributed by atoms with Gasteiger partial charge in [0.05, 0.1) is 6.08 Å². The van der Waals surface area contributed by atoms with Crippen molar-refractivity contribution in [1.29, 1.82) is 0 Å². The Bertz CT molecular complexity index is 572. The minimum absolute atomic E-state index is 0.235. The fourth-order valence-electron chi connectivity index (χ4n) is 1.57. The number of hydrogen-bond acceptors (Lipinski definition) is 6. The van der Waals surface area contributed by atoms with Crippen LogP contribution in [-0.2, 0) is 0 Å². The minimum Gasteiger partial charge on any atom is -0.258 e. The Morgan fingerprint density at radius 2 is 1.70 bits per heavy atom. The quantitative estimate of drug-likeness (QED) is 0.358. The molecule has 2 rings (SSSR count). The zero-order chi connectivity index (χ0) is 14.6. The topological polar surface area (TPSA) is 86.3 Å². The van der Waals surface area contributed by atoms with Gasteiger partial charge in [-0.15, -0.1) is 0 Å². The van der Waals surface area contributed by atoms with E-state index in [2.05, 4.69) is 0 Å². The Hall–Kier alpha value is -1.80. The Morgan fingerprint density at radius 1 is 1.05 bits per heavy atom. The summed E-state index contributed by atoms with van der Waals surface area (Å²) in [6, 6.07) is 9.64. The van der Waals surface area contributed by atoms with E-state index < -0.39 is 15.5 Å². The van der Waals surface area contributed by atoms with Gasteiger partial charge in [-0.2, -0.15) is 0 Å². The summed E-state index contributed by atoms with van der Waals surface area (Å²) >= 11 is 0. The third-order valence-corrected chi connectivity index (χ3v) is 5.18. The molecule has 0 heterocycles. The lowest BCUT2D eigenvalue weighted by molar-refractivity contribution is -0.780. The minimum atomic E-state index is -2.22. The van der Waals surface area contributed by atoms with Gasteiger partial charge in [0.25, 0.3) is 0 Å². The molecule has 0 atom stereocenters. The van der Waals surface area contributed by atoms with Gasteiger partial charge in [-0.3, -0.25) is 20.2 Å². The van der Waals surface area contributed by atoms with Crippen molar-refractivity contribution >= 4 is 21.6 Å². The predicted octanol–water partition coefficient (Wildman–Crippen LogP) is 3.52. The van der Waals surface area contributed by atoms with Crippen LogP contribution in [-0.4, -0.2) is 15.5 Å². The highest BCUT2D eigenvalue weighted by Crippen LogP contribution is 2.40. The number of benzene rings is 1. The highest BCUT2D eigenvalue weighted by Gasteiger charge is 2.53. The molecule has 104 valence electrons. The smallest absolute Gasteiger partial charge is 0.258 e. The van der Waals surface area contributed by atoms with Gasteiger partial charge in [0.1, 0.15) is 16.3 Å². The van der Waals surface area contributed by atoms with Crippen molar-refractivity contribution in [3.8, 4) is 0 Å². The average Bonchev–Trinajstić information content (AvgIpc) is 2.46. The van der Waals surface area contributed by atoms with Gasteiger partial charge in [-0.05, 0) is 18.2 Å². The van der Waals surface area contributed by atoms with Crippen LogP contribution < -0.4 is 0 Å². The summed E-state index contributed by atoms with van der Waals surface area (Å²) in [6.07, 6.45) is 3.80. The van der Waals surface area contributed by atoms with Crippen molar-refractivity contribution in [2.45, 2.75) is 17.0 Å². The van der Waals surface area contributed by atoms with Crippen molar-refractivity contribution in [1.82, 2.24) is 0 Å². The van der Waals surface area contributed by atoms with Crippen molar-refractivity contribution in [2.75, 3.05) is 0 Å². The van der Waals surface area contributed by atoms with Crippen LogP contribution in [0.1, 0.15) is 6.42 Å². The van der Waals surface area contributed by atoms with Gasteiger partial charge in [-0.1, -0.05) is 45.9 Å². The maximum atomic E-state index is 10.9. The van der Waals surface area contributed by atoms with Crippen LogP contribution in [0, 0.1) is 20.2 Å². The van der Waals surface area contributed by atoms with E-state index >= 15 is 0 Å². The zero-order valence-electron chi connectivity index (χ0n) is 10.2. The molecule has 1 aromatic rings. The van der Waals surface area contributed by atoms with Gasteiger partial charge in [0.15, 0.2) is 0 Å². The van der Waals surface area contributed by atoms with Gasteiger partial charge in [0, 0.05) is 9.80 Å². The molecule has 0 spiro atoms. The number of nitrogens with zero attached hydrogens (tertiary/aromatic N) is 2. The summed E-state index contributed by atoms with van der Waals surface area (Å²) in [6.45, 7) is 0. The van der Waals surface area contributed by atoms with Crippen LogP contribution >= 0.6 is 21.6 Å². The molecular weight excluding hydrogens is 300 g/mol. The summed E-state index contributed by atoms with van der Waals surface area (Å²) in [5, 5.41) is 21.8. The maximum Gasteiger partial charge on any atom is 0.481 e. The lowest BCUT2D eigenvalue weighted by Gasteiger charge is -2.15. The average molecular weight is 310 g/mol. The monoisotopic (exact) mass is 310 g/mol. The molecule has 0 aromatic heterocycles. The molecule has 20 heavy (non-hydrogen) atoms. The van der Waals surface area contributed by atoms with Crippen LogP contribution in [0.5, 0.6) is 0 Å². The van der Waals surface area contributed by atoms with Gasteiger partial charge < -0.3 is 0 Å². The first kappa shape index (κ1) is 14.6. The van der Waals surface area contributed by atoms with Crippen LogP contribution in [0.3, 0.4) is 0 Å². The molecule has 8 heteroatoms. The lowest BCUT2D eigenvalue weighted by atomic mass is 10.0. The molecule has 0 unspecified atom stereocenters. The Balaban J connectivity index is 2.02. The SMILES string of the molecule is O=[N+]([O-])C1([N+](=O)[O-])C=CC(SSc2ccccc2)=CC1. The standard InChI is InChI=1S/C12H10N2O4S2/c15-13(16)12(14(17)18)8-6-11(7-9-12)20-19-10-4-2-1-3-5-10/h1-8H,9H2. The third-order valence-electron chi connectivity index (χ3n) is 2.73. The Morgan fingerprint density at radius 3 is 2.20 bits per heavy atom. The van der Waals surface area contributed by atoms with Crippen molar-refractivity contribution < 1.29 is 9.85 Å². The molecule has 0 amide bonds. The van der Waals surface area contributed by atoms with E-state index in [0.717, 1.165) is 15.9 Å². The molecule has 0 aliphatic heterocycles. The molecule has 0 N–H and O–H groups in total. The number of rotatable bonds is 5. The molecule has 0 saturated heterocycles. The second-order valence-corrected chi connectivity index (χ2v) is 6.29. The highest BCUT2D eigenvalue weighted by molar-refractivity contribution is 8.78. The molecule has 0 fully saturated rings. The summed E-state index contributed by atoms with van der Waals surface area (Å²) in [4.78, 5) is 21.9. The zero-order valence-corrected chi connectivity index (χ0v) is 11.8. The first-order chi connectivity index (χ1) is 9.54. The van der Waals surface area contributed by atoms with E-state index in [1.54, 1.807) is 0 Å². The second-order valence-electron chi connectivity index (χ2n) is 4.02. The van der Waals surface area contributed by atoms with Crippen molar-refractivity contribution in [2.24, 2.45) is 0 Å². The number of hydrogen-bond donors (Lipinski definition) is 0. The highest BCUT2D eigenvalue weighted by atomic mass is 33.1. The van der Waals surface area contributed by atoms with Crippen LogP contribution in [0.25, 0.3) is 0 Å². The fourth-order valence-corrected chi connectivity index (χ4v) is 3.59. The first-order valence-electron chi connectivity index (χ1n) is 5.62. The van der Waals surface area contributed by atoms with E-state index in [4.69, 9.17) is 0 Å². The molecule has 1 aromatic carbocycles. The van der Waals surface area contributed by atoms with Crippen LogP contribution in [0.15, 0.2) is 58.4 Å². The normalized spacial score (nSPS) is 16.5. The molecule has 1 aliphatic carbocycles. The van der Waals surface area contributed by atoms with Crippen LogP contribution in [0.4, 0.5) is 0 Å². The van der Waals surface area contributed by atoms with Crippen molar-refractivity contribution in [3.05, 3.63) is 73.7 Å². The summed E-state index contributed by atoms with van der Waals surface area (Å²) in [7, 11) is 2.92. The van der Waals surface area contributed by atoms with E-state index in [1.807, 2.05) is 30.3 Å². The van der Waals surface area contributed by atoms with Gasteiger partial charge in [-0.25, -0.2) is 0 Å². The lowest BCUT2D eigenvalue weighted by Crippen LogP contribution is -2.44. The first-order valence-corrected chi connectivity index (χ1v) is 7.77. The molecular formula is C12H10N2O4S2. The van der Waals surface area contributed by atoms with E-state index in [1.165, 1.54) is 33.7 Å². The molecule has 1 aliphatic rings. The predicted molar refractivity (Wildman–Crippen MR) is 78.4 cm³/mol. The Labute approximate surface area is 122 Å². The number of nitro groups is 2. The van der Waals surface area contributed by atoms with Gasteiger partial charge in [0.2, 0.25) is 0 Å². The van der Waals surface area contributed by atoms with Crippen LogP contribution in [0.2, 0.25) is 0 Å². The number of allylic oxidation sites excluding steroid dienone is 1. The molecule has 0 radical (unpaired) electrons. The Kier molecular flexibility index (Phi) is 4.46. The van der Waals surface area contributed by atoms with E-state index in [0.29, 0.717) is 0 Å². The summed E-state index contributed by atoms with van der Waals surface area (Å²) in [5.41, 5.74) is -2.22. The van der Waals surface area contributed by atoms with Gasteiger partial charge >= 0.3 is 5.66 Å². The summed E-state index contributed by atoms with van der Waals surface area (Å²) < 4.78 is 0. The van der Waals surface area contributed by atoms with E-state index in [9.17, 15) is 20.2 Å². The fraction of sp³-hybridized carbons (Fsp3) is 0.167. The maximum absolute atomic E-state index is 10.9. The molecule has 0 saturated carbocycles.